The number of Topliss-reactive ketones (excluding diaryl/α,β-unsaturated/α-hetero) is 1. The lowest BCUT2D eigenvalue weighted by Gasteiger charge is -2.24. The third-order valence-corrected chi connectivity index (χ3v) is 8.14. The lowest BCUT2D eigenvalue weighted by Crippen LogP contribution is -2.45. The molecular formula is C39H38N4O5. The van der Waals surface area contributed by atoms with Crippen LogP contribution < -0.4 is 10.6 Å². The normalized spacial score (nSPS) is 12.5. The van der Waals surface area contributed by atoms with Gasteiger partial charge in [0.05, 0.1) is 29.8 Å². The Morgan fingerprint density at radius 2 is 1.44 bits per heavy atom. The van der Waals surface area contributed by atoms with Crippen LogP contribution in [0.4, 0.5) is 0 Å². The van der Waals surface area contributed by atoms with Crippen LogP contribution in [0.3, 0.4) is 0 Å². The molecule has 9 heteroatoms. The highest BCUT2D eigenvalue weighted by Gasteiger charge is 2.31. The maximum Gasteiger partial charge on any atom is 0.244 e. The van der Waals surface area contributed by atoms with Gasteiger partial charge in [-0.25, -0.2) is 0 Å². The minimum Gasteiger partial charge on any atom is -0.494 e. The number of ketones is 1. The van der Waals surface area contributed by atoms with Gasteiger partial charge in [0.15, 0.2) is 11.7 Å². The smallest absolute Gasteiger partial charge is 0.244 e. The van der Waals surface area contributed by atoms with Crippen molar-refractivity contribution in [3.05, 3.63) is 132 Å². The molecule has 0 bridgehead atoms. The summed E-state index contributed by atoms with van der Waals surface area (Å²) in [4.78, 5) is 46.9. The number of aromatic hydroxyl groups is 2. The van der Waals surface area contributed by atoms with Crippen LogP contribution in [0.25, 0.3) is 28.5 Å². The number of nitrogens with one attached hydrogen (secondary N) is 3. The highest BCUT2D eigenvalue weighted by Crippen LogP contribution is 2.30. The summed E-state index contributed by atoms with van der Waals surface area (Å²) in [5.41, 5.74) is 5.47. The van der Waals surface area contributed by atoms with E-state index in [0.717, 1.165) is 27.9 Å². The van der Waals surface area contributed by atoms with Crippen LogP contribution in [-0.4, -0.2) is 43.8 Å². The van der Waals surface area contributed by atoms with Gasteiger partial charge in [-0.05, 0) is 53.3 Å². The summed E-state index contributed by atoms with van der Waals surface area (Å²) >= 11 is 0. The quantitative estimate of drug-likeness (QED) is 0.0753. The summed E-state index contributed by atoms with van der Waals surface area (Å²) in [5, 5.41) is 25.9. The number of hydrogen-bond acceptors (Lipinski definition) is 6. The van der Waals surface area contributed by atoms with Crippen molar-refractivity contribution >= 4 is 23.7 Å². The van der Waals surface area contributed by atoms with Gasteiger partial charge in [-0.2, -0.15) is 0 Å². The molecule has 244 valence electrons. The molecule has 0 spiro atoms. The number of H-pyrrole nitrogens is 1. The average molecular weight is 643 g/mol. The number of carbonyl (C=O) groups is 3. The Hall–Kier alpha value is -5.96. The summed E-state index contributed by atoms with van der Waals surface area (Å²) in [6, 6.07) is 29.2. The Balaban J connectivity index is 1.34. The number of pyridine rings is 1. The molecule has 5 rings (SSSR count). The zero-order valence-electron chi connectivity index (χ0n) is 27.0. The van der Waals surface area contributed by atoms with E-state index in [1.165, 1.54) is 13.0 Å². The van der Waals surface area contributed by atoms with E-state index in [0.29, 0.717) is 5.56 Å². The molecule has 2 atom stereocenters. The van der Waals surface area contributed by atoms with Gasteiger partial charge in [-0.1, -0.05) is 98.8 Å². The summed E-state index contributed by atoms with van der Waals surface area (Å²) in [5.74, 6) is -2.52. The predicted molar refractivity (Wildman–Crippen MR) is 186 cm³/mol. The second-order valence-electron chi connectivity index (χ2n) is 11.9. The van der Waals surface area contributed by atoms with Crippen LogP contribution in [0, 0.1) is 12.8 Å². The number of aromatic amines is 1. The molecule has 0 saturated carbocycles. The molecule has 9 nitrogen and oxygen atoms in total. The Kier molecular flexibility index (Phi) is 10.5. The van der Waals surface area contributed by atoms with Gasteiger partial charge in [0.2, 0.25) is 17.7 Å². The van der Waals surface area contributed by atoms with Crippen molar-refractivity contribution in [2.24, 2.45) is 5.92 Å². The number of nitrogens with zero attached hydrogens (tertiary/aromatic N) is 1. The summed E-state index contributed by atoms with van der Waals surface area (Å²) in [7, 11) is 0. The molecule has 48 heavy (non-hydrogen) atoms. The van der Waals surface area contributed by atoms with E-state index in [-0.39, 0.29) is 29.3 Å². The van der Waals surface area contributed by atoms with Crippen molar-refractivity contribution in [3.8, 4) is 34.1 Å². The number of rotatable bonds is 12. The van der Waals surface area contributed by atoms with Crippen LogP contribution in [0.2, 0.25) is 0 Å². The van der Waals surface area contributed by atoms with Crippen molar-refractivity contribution in [1.82, 2.24) is 20.6 Å². The molecule has 0 aliphatic carbocycles. The van der Waals surface area contributed by atoms with E-state index >= 15 is 0 Å². The second kappa shape index (κ2) is 15.1. The number of benzene rings is 3. The molecule has 2 heterocycles. The lowest BCUT2D eigenvalue weighted by molar-refractivity contribution is -0.123. The van der Waals surface area contributed by atoms with E-state index < -0.39 is 35.6 Å². The van der Waals surface area contributed by atoms with Crippen molar-refractivity contribution < 1.29 is 24.6 Å². The number of hydrogen-bond donors (Lipinski definition) is 5. The summed E-state index contributed by atoms with van der Waals surface area (Å²) in [6.45, 7) is 5.05. The van der Waals surface area contributed by atoms with Gasteiger partial charge in [0.1, 0.15) is 0 Å². The van der Waals surface area contributed by atoms with Crippen LogP contribution in [0.1, 0.15) is 53.4 Å². The number of amides is 2. The van der Waals surface area contributed by atoms with Gasteiger partial charge in [-0.15, -0.1) is 0 Å². The Morgan fingerprint density at radius 3 is 2.04 bits per heavy atom. The van der Waals surface area contributed by atoms with Gasteiger partial charge in [0, 0.05) is 23.4 Å². The molecule has 0 aliphatic rings. The largest absolute Gasteiger partial charge is 0.494 e. The van der Waals surface area contributed by atoms with E-state index in [4.69, 9.17) is 0 Å². The molecule has 0 radical (unpaired) electrons. The fourth-order valence-corrected chi connectivity index (χ4v) is 5.46. The number of aromatic nitrogens is 2. The SMILES string of the molecule is Cc1c(O)[nH]c(O)c1C(=O)[C@@H](NC(=O)CC(NC(=O)C=Cc1ccc(-c2ccccc2)cc1)c1ccc(-c2ccccn2)cc1)C(C)C. The van der Waals surface area contributed by atoms with Crippen LogP contribution in [0.15, 0.2) is 109 Å². The van der Waals surface area contributed by atoms with Crippen molar-refractivity contribution in [3.63, 3.8) is 0 Å². The molecule has 3 aromatic carbocycles. The zero-order valence-corrected chi connectivity index (χ0v) is 27.0. The first-order chi connectivity index (χ1) is 23.1. The predicted octanol–water partition coefficient (Wildman–Crippen LogP) is 6.75. The maximum absolute atomic E-state index is 13.5. The molecule has 0 fully saturated rings. The van der Waals surface area contributed by atoms with Crippen molar-refractivity contribution in [2.75, 3.05) is 0 Å². The Morgan fingerprint density at radius 1 is 0.792 bits per heavy atom. The molecular weight excluding hydrogens is 604 g/mol. The fourth-order valence-electron chi connectivity index (χ4n) is 5.46. The van der Waals surface area contributed by atoms with Crippen LogP contribution in [0.5, 0.6) is 11.8 Å². The van der Waals surface area contributed by atoms with Gasteiger partial charge < -0.3 is 20.8 Å². The first kappa shape index (κ1) is 33.4. The molecule has 5 N–H and O–H groups in total. The summed E-state index contributed by atoms with van der Waals surface area (Å²) < 4.78 is 0. The third-order valence-electron chi connectivity index (χ3n) is 8.14. The van der Waals surface area contributed by atoms with E-state index in [1.807, 2.05) is 97.1 Å². The topological polar surface area (TPSA) is 144 Å². The van der Waals surface area contributed by atoms with Gasteiger partial charge in [-0.3, -0.25) is 24.4 Å². The monoisotopic (exact) mass is 642 g/mol. The maximum atomic E-state index is 13.5. The average Bonchev–Trinajstić information content (AvgIpc) is 3.36. The second-order valence-corrected chi connectivity index (χ2v) is 11.9. The zero-order chi connectivity index (χ0) is 34.2. The first-order valence-electron chi connectivity index (χ1n) is 15.7. The Labute approximate surface area is 279 Å². The third kappa shape index (κ3) is 8.06. The van der Waals surface area contributed by atoms with Gasteiger partial charge in [0.25, 0.3) is 0 Å². The standard InChI is InChI=1S/C39H38N4O5/c1-24(2)36(37(46)35-25(3)38(47)43-39(35)48)42-34(45)23-32(30-19-17-29(18-20-30)31-11-7-8-22-40-31)41-33(44)21-14-26-12-15-28(16-13-26)27-9-5-4-6-10-27/h4-22,24,32,36,43,47-48H,23H2,1-3H3,(H,41,44)(H,42,45)/t32?,36-/m0/s1. The molecule has 5 aromatic rings. The number of carbonyl (C=O) groups excluding carboxylic acids is 3. The molecule has 0 saturated heterocycles. The minimum atomic E-state index is -0.987. The molecule has 2 amide bonds. The lowest BCUT2D eigenvalue weighted by atomic mass is 9.93. The molecule has 0 aliphatic heterocycles. The highest BCUT2D eigenvalue weighted by molar-refractivity contribution is 6.05. The first-order valence-corrected chi connectivity index (χ1v) is 15.7. The van der Waals surface area contributed by atoms with Crippen molar-refractivity contribution in [2.45, 2.75) is 39.3 Å². The van der Waals surface area contributed by atoms with E-state index in [2.05, 4.69) is 20.6 Å². The van der Waals surface area contributed by atoms with E-state index in [9.17, 15) is 24.6 Å². The van der Waals surface area contributed by atoms with Gasteiger partial charge >= 0.3 is 0 Å². The van der Waals surface area contributed by atoms with Crippen molar-refractivity contribution in [1.29, 1.82) is 0 Å². The van der Waals surface area contributed by atoms with Crippen LogP contribution in [-0.2, 0) is 9.59 Å². The fraction of sp³-hybridized carbons (Fsp3) is 0.179. The molecule has 2 aromatic heterocycles. The highest BCUT2D eigenvalue weighted by atomic mass is 16.3. The summed E-state index contributed by atoms with van der Waals surface area (Å²) in [6.07, 6.45) is 4.68. The van der Waals surface area contributed by atoms with E-state index in [1.54, 1.807) is 26.1 Å². The minimum absolute atomic E-state index is 0.0802. The Bertz CT molecular complexity index is 1900. The molecule has 1 unspecified atom stereocenters. The van der Waals surface area contributed by atoms with Crippen LogP contribution >= 0.6 is 0 Å².